The monoisotopic (exact) mass is 1880 g/mol. The van der Waals surface area contributed by atoms with E-state index in [1.54, 1.807) is 0 Å². The number of rotatable bonds is 12. The Balaban J connectivity index is 0.000000105. The lowest BCUT2D eigenvalue weighted by molar-refractivity contribution is 1.18. The van der Waals surface area contributed by atoms with E-state index < -0.39 is 0 Å². The van der Waals surface area contributed by atoms with Crippen molar-refractivity contribution in [2.45, 2.75) is 0 Å². The van der Waals surface area contributed by atoms with Crippen LogP contribution in [0.5, 0.6) is 0 Å². The predicted molar refractivity (Wildman–Crippen MR) is 628 cm³/mol. The van der Waals surface area contributed by atoms with Crippen LogP contribution in [-0.4, -0.2) is 27.4 Å². The zero-order valence-electron chi connectivity index (χ0n) is 80.8. The second-order valence-electron chi connectivity index (χ2n) is 38.9. The fourth-order valence-electron chi connectivity index (χ4n) is 23.8. The van der Waals surface area contributed by atoms with E-state index in [1.807, 2.05) is 0 Å². The summed E-state index contributed by atoms with van der Waals surface area (Å²) < 4.78 is 14.3. The van der Waals surface area contributed by atoms with E-state index >= 15 is 0 Å². The van der Waals surface area contributed by atoms with Gasteiger partial charge in [0.2, 0.25) is 0 Å². The summed E-state index contributed by atoms with van der Waals surface area (Å²) in [4.78, 5) is 0. The van der Waals surface area contributed by atoms with Gasteiger partial charge >= 0.3 is 0 Å². The molecular formula is C142H92N6. The molecule has 6 heteroatoms. The summed E-state index contributed by atoms with van der Waals surface area (Å²) in [5.74, 6) is 0. The first-order valence-electron chi connectivity index (χ1n) is 51.0. The van der Waals surface area contributed by atoms with E-state index in [1.165, 1.54) is 258 Å². The van der Waals surface area contributed by atoms with Crippen LogP contribution < -0.4 is 0 Å². The van der Waals surface area contributed by atoms with Crippen molar-refractivity contribution in [3.05, 3.63) is 558 Å². The molecular weight excluding hydrogens is 1790 g/mol. The van der Waals surface area contributed by atoms with Crippen LogP contribution in [-0.2, 0) is 0 Å². The van der Waals surface area contributed by atoms with Gasteiger partial charge in [0.1, 0.15) is 0 Å². The summed E-state index contributed by atoms with van der Waals surface area (Å²) in [5.41, 5.74) is 36.3. The van der Waals surface area contributed by atoms with Gasteiger partial charge in [-0.2, -0.15) is 0 Å². The minimum Gasteiger partial charge on any atom is -0.309 e. The molecule has 0 atom stereocenters. The Hall–Kier alpha value is -19.7. The Morgan fingerprint density at radius 3 is 0.655 bits per heavy atom. The molecule has 0 aliphatic carbocycles. The first-order chi connectivity index (χ1) is 73.4. The van der Waals surface area contributed by atoms with Crippen molar-refractivity contribution in [3.63, 3.8) is 0 Å². The molecule has 0 fully saturated rings. The highest BCUT2D eigenvalue weighted by Crippen LogP contribution is 2.47. The molecule has 31 rings (SSSR count). The van der Waals surface area contributed by atoms with Gasteiger partial charge in [-0.15, -0.1) is 0 Å². The molecule has 0 bridgehead atoms. The van der Waals surface area contributed by atoms with Gasteiger partial charge in [-0.05, 0) is 304 Å². The molecule has 25 aromatic carbocycles. The van der Waals surface area contributed by atoms with Crippen molar-refractivity contribution in [3.8, 4) is 101 Å². The normalized spacial score (nSPS) is 11.8. The van der Waals surface area contributed by atoms with E-state index in [9.17, 15) is 0 Å². The lowest BCUT2D eigenvalue weighted by Crippen LogP contribution is -1.94. The molecule has 148 heavy (non-hydrogen) atoms. The fourth-order valence-corrected chi connectivity index (χ4v) is 23.8. The van der Waals surface area contributed by atoms with Crippen molar-refractivity contribution in [2.24, 2.45) is 0 Å². The number of hydrogen-bond acceptors (Lipinski definition) is 0. The van der Waals surface area contributed by atoms with Crippen LogP contribution in [0, 0.1) is 0 Å². The van der Waals surface area contributed by atoms with E-state index in [2.05, 4.69) is 586 Å². The third-order valence-electron chi connectivity index (χ3n) is 30.7. The van der Waals surface area contributed by atoms with Crippen LogP contribution in [0.25, 0.3) is 275 Å². The SMILES string of the molecule is c1ccc(-n2c3ccccc3c3cc(-c4ccc5c(c4)c4ccccc4n5-c4ccc(-c5cc6ccccc6c6ccccc56)cc4)ccc32)cc1.c1ccc(-n2c3ccccc3c3cc(-c4ccc5c(c4)c4ccccc4n5-c4ccc(-c5ccc6ccccc6c5)cc4)ccc32)cc1.c1ccc(-n2c3ccccc3c3cc(-c4ccc5c(c4)c4ccccc4n5-c4ccc(-c5cccc6ccccc56)cc4)ccc32)cc1. The Morgan fingerprint density at radius 2 is 0.311 bits per heavy atom. The van der Waals surface area contributed by atoms with Gasteiger partial charge in [0.05, 0.1) is 66.2 Å². The lowest BCUT2D eigenvalue weighted by atomic mass is 9.93. The number of para-hydroxylation sites is 9. The van der Waals surface area contributed by atoms with Gasteiger partial charge < -0.3 is 27.4 Å². The second kappa shape index (κ2) is 35.2. The van der Waals surface area contributed by atoms with Gasteiger partial charge in [-0.25, -0.2) is 0 Å². The first-order valence-corrected chi connectivity index (χ1v) is 51.0. The Bertz CT molecular complexity index is 10700. The third kappa shape index (κ3) is 14.2. The maximum absolute atomic E-state index is 2.41. The van der Waals surface area contributed by atoms with Crippen molar-refractivity contribution < 1.29 is 0 Å². The zero-order valence-corrected chi connectivity index (χ0v) is 80.8. The molecule has 31 aromatic rings. The highest BCUT2D eigenvalue weighted by Gasteiger charge is 2.24. The van der Waals surface area contributed by atoms with Crippen LogP contribution in [0.4, 0.5) is 0 Å². The van der Waals surface area contributed by atoms with Crippen molar-refractivity contribution >= 4 is 174 Å². The smallest absolute Gasteiger partial charge is 0.0541 e. The molecule has 6 heterocycles. The fraction of sp³-hybridized carbons (Fsp3) is 0. The molecule has 0 unspecified atom stereocenters. The second-order valence-corrected chi connectivity index (χ2v) is 38.9. The standard InChI is InChI=1S/C50H32N2.2C46H30N2/c1-2-13-37(14-3-1)51-47-20-10-8-18-42(47)45-30-34(24-28-49(45)51)35-25-29-50-46(31-35)43-19-9-11-21-48(43)52(50)38-26-22-33(23-27-38)44-32-36-12-4-5-15-39(36)40-16-6-7-17-41(40)44;1-2-13-35(14-3-1)47-43-19-8-6-16-39(43)41-29-33(23-27-45(41)47)34-24-28-46-42(30-34)40-17-7-9-20-44(40)48(46)36-25-21-32(22-26-36)38-18-10-12-31-11-4-5-15-37(31)38;1-2-12-37(13-3-1)47-43-16-8-6-14-39(43)41-29-35(22-26-45(41)47)36-23-27-46-42(30-36)40-15-7-9-17-44(40)48(46)38-24-20-32(21-25-38)34-19-18-31-10-4-5-11-33(31)28-34/h1-32H;2*1-30H. The number of hydrogen-bond donors (Lipinski definition) is 0. The van der Waals surface area contributed by atoms with E-state index in [-0.39, 0.29) is 0 Å². The molecule has 0 amide bonds. The average molecular weight is 1880 g/mol. The molecule has 0 N–H and O–H groups in total. The minimum atomic E-state index is 1.16. The topological polar surface area (TPSA) is 29.6 Å². The molecule has 0 saturated heterocycles. The van der Waals surface area contributed by atoms with E-state index in [0.29, 0.717) is 0 Å². The highest BCUT2D eigenvalue weighted by atomic mass is 15.0. The third-order valence-corrected chi connectivity index (χ3v) is 30.7. The molecule has 0 radical (unpaired) electrons. The van der Waals surface area contributed by atoms with Crippen LogP contribution in [0.1, 0.15) is 0 Å². The quantitative estimate of drug-likeness (QED) is 0.109. The summed E-state index contributed by atoms with van der Waals surface area (Å²) in [6.07, 6.45) is 0. The summed E-state index contributed by atoms with van der Waals surface area (Å²) in [5, 5.41) is 25.3. The molecule has 690 valence electrons. The number of nitrogens with zero attached hydrogens (tertiary/aromatic N) is 6. The molecule has 0 saturated carbocycles. The summed E-state index contributed by atoms with van der Waals surface area (Å²) in [6, 6.07) is 203. The number of fused-ring (bicyclic) bond motifs is 23. The van der Waals surface area contributed by atoms with E-state index in [4.69, 9.17) is 0 Å². The van der Waals surface area contributed by atoms with Crippen molar-refractivity contribution in [1.29, 1.82) is 0 Å². The van der Waals surface area contributed by atoms with Crippen LogP contribution in [0.3, 0.4) is 0 Å². The average Bonchev–Trinajstić information content (AvgIpc) is 1.40. The number of benzene rings is 25. The Kier molecular flexibility index (Phi) is 20.2. The van der Waals surface area contributed by atoms with Gasteiger partial charge in [0.25, 0.3) is 0 Å². The first kappa shape index (κ1) is 85.1. The predicted octanol–water partition coefficient (Wildman–Crippen LogP) is 38.3. The largest absolute Gasteiger partial charge is 0.309 e. The lowest BCUT2D eigenvalue weighted by Gasteiger charge is -2.13. The Morgan fingerprint density at radius 1 is 0.0878 bits per heavy atom. The van der Waals surface area contributed by atoms with Gasteiger partial charge in [-0.3, -0.25) is 0 Å². The van der Waals surface area contributed by atoms with Crippen LogP contribution in [0.15, 0.2) is 558 Å². The summed E-state index contributed by atoms with van der Waals surface area (Å²) >= 11 is 0. The van der Waals surface area contributed by atoms with Gasteiger partial charge in [0, 0.05) is 98.8 Å². The van der Waals surface area contributed by atoms with Crippen molar-refractivity contribution in [1.82, 2.24) is 27.4 Å². The molecule has 6 aromatic heterocycles. The minimum absolute atomic E-state index is 1.16. The van der Waals surface area contributed by atoms with Crippen LogP contribution >= 0.6 is 0 Å². The molecule has 0 aliphatic heterocycles. The highest BCUT2D eigenvalue weighted by molar-refractivity contribution is 6.19. The molecule has 0 aliphatic rings. The maximum Gasteiger partial charge on any atom is 0.0541 e. The maximum atomic E-state index is 2.41. The van der Waals surface area contributed by atoms with Gasteiger partial charge in [-0.1, -0.05) is 364 Å². The summed E-state index contributed by atoms with van der Waals surface area (Å²) in [7, 11) is 0. The van der Waals surface area contributed by atoms with E-state index in [0.717, 1.165) is 17.1 Å². The van der Waals surface area contributed by atoms with Gasteiger partial charge in [0.15, 0.2) is 0 Å². The molecule has 0 spiro atoms. The van der Waals surface area contributed by atoms with Crippen molar-refractivity contribution in [2.75, 3.05) is 0 Å². The Labute approximate surface area is 854 Å². The zero-order chi connectivity index (χ0) is 97.4. The molecule has 6 nitrogen and oxygen atoms in total. The number of aromatic nitrogens is 6. The van der Waals surface area contributed by atoms with Crippen LogP contribution in [0.2, 0.25) is 0 Å². The summed E-state index contributed by atoms with van der Waals surface area (Å²) in [6.45, 7) is 0.